The molecule has 8 nitrogen and oxygen atoms in total. The summed E-state index contributed by atoms with van der Waals surface area (Å²) in [6.07, 6.45) is 0.737. The molecule has 1 heterocycles. The fourth-order valence-electron chi connectivity index (χ4n) is 3.11. The van der Waals surface area contributed by atoms with Crippen molar-refractivity contribution in [2.24, 2.45) is 0 Å². The van der Waals surface area contributed by atoms with E-state index in [1.807, 2.05) is 54.6 Å². The number of para-hydroxylation sites is 1. The number of carbonyl (C=O) groups excluding carboxylic acids is 3. The maximum absolute atomic E-state index is 12.8. The van der Waals surface area contributed by atoms with Gasteiger partial charge in [-0.05, 0) is 29.9 Å². The molecule has 2 aromatic carbocycles. The summed E-state index contributed by atoms with van der Waals surface area (Å²) < 4.78 is 0. The molecule has 3 aromatic rings. The molecular weight excluding hydrogens is 428 g/mol. The number of benzene rings is 2. The fourth-order valence-corrected chi connectivity index (χ4v) is 4.10. The third-order valence-electron chi connectivity index (χ3n) is 4.81. The van der Waals surface area contributed by atoms with E-state index in [-0.39, 0.29) is 18.2 Å². The Bertz CT molecular complexity index is 1020. The maximum atomic E-state index is 12.8. The first-order chi connectivity index (χ1) is 15.6. The lowest BCUT2D eigenvalue weighted by Crippen LogP contribution is -2.48. The number of hydrogen-bond acceptors (Lipinski definition) is 5. The molecule has 0 bridgehead atoms. The van der Waals surface area contributed by atoms with Crippen LogP contribution in [0.15, 0.2) is 60.7 Å². The normalized spacial score (nSPS) is 11.7. The van der Waals surface area contributed by atoms with Gasteiger partial charge in [0.1, 0.15) is 11.7 Å². The maximum Gasteiger partial charge on any atom is 0.268 e. The summed E-state index contributed by atoms with van der Waals surface area (Å²) in [6.45, 7) is 0.361. The highest BCUT2D eigenvalue weighted by molar-refractivity contribution is 7.99. The van der Waals surface area contributed by atoms with Crippen LogP contribution in [0.3, 0.4) is 0 Å². The van der Waals surface area contributed by atoms with E-state index in [2.05, 4.69) is 15.6 Å². The van der Waals surface area contributed by atoms with Crippen LogP contribution < -0.4 is 16.1 Å². The molecule has 0 radical (unpaired) electrons. The minimum Gasteiger partial charge on any atom is -0.351 e. The van der Waals surface area contributed by atoms with Crippen molar-refractivity contribution in [2.45, 2.75) is 25.4 Å². The second kappa shape index (κ2) is 11.9. The van der Waals surface area contributed by atoms with Gasteiger partial charge in [0.15, 0.2) is 0 Å². The van der Waals surface area contributed by atoms with Crippen molar-refractivity contribution in [2.75, 3.05) is 11.5 Å². The lowest BCUT2D eigenvalue weighted by Gasteiger charge is -2.18. The molecule has 168 valence electrons. The van der Waals surface area contributed by atoms with Gasteiger partial charge in [-0.3, -0.25) is 19.6 Å². The van der Waals surface area contributed by atoms with E-state index in [9.17, 15) is 14.4 Å². The zero-order chi connectivity index (χ0) is 22.8. The molecule has 0 saturated heterocycles. The van der Waals surface area contributed by atoms with E-state index in [1.54, 1.807) is 11.5 Å². The number of hydrogen-bond donors (Lipinski definition) is 5. The molecule has 9 heteroatoms. The number of amides is 3. The summed E-state index contributed by atoms with van der Waals surface area (Å²) in [5.41, 5.74) is 3.79. The Morgan fingerprint density at radius 2 is 1.78 bits per heavy atom. The number of aromatic nitrogens is 1. The second-order valence-corrected chi connectivity index (χ2v) is 8.36. The minimum atomic E-state index is -0.741. The quantitative estimate of drug-likeness (QED) is 0.173. The van der Waals surface area contributed by atoms with Crippen molar-refractivity contribution in [1.82, 2.24) is 21.1 Å². The van der Waals surface area contributed by atoms with E-state index < -0.39 is 11.9 Å². The average Bonchev–Trinajstić information content (AvgIpc) is 3.26. The molecule has 1 aromatic heterocycles. The Balaban J connectivity index is 1.60. The first-order valence-electron chi connectivity index (χ1n) is 10.3. The number of hydroxylamine groups is 1. The smallest absolute Gasteiger partial charge is 0.268 e. The first-order valence-corrected chi connectivity index (χ1v) is 11.4. The Morgan fingerprint density at radius 3 is 2.53 bits per heavy atom. The lowest BCUT2D eigenvalue weighted by atomic mass is 10.2. The Morgan fingerprint density at radius 1 is 1.03 bits per heavy atom. The number of nitrogens with one attached hydrogen (secondary N) is 4. The molecule has 32 heavy (non-hydrogen) atoms. The highest BCUT2D eigenvalue weighted by atomic mass is 32.2. The second-order valence-electron chi connectivity index (χ2n) is 7.21. The van der Waals surface area contributed by atoms with Crippen LogP contribution in [0.1, 0.15) is 28.9 Å². The third kappa shape index (κ3) is 6.86. The van der Waals surface area contributed by atoms with Gasteiger partial charge in [0.05, 0.1) is 0 Å². The van der Waals surface area contributed by atoms with Gasteiger partial charge in [-0.2, -0.15) is 11.8 Å². The standard InChI is InChI=1S/C23H26N4O4S/c28-21(27-31)11-6-12-32-15-20(22(29)24-14-16-7-2-1-3-8-16)26-23(30)19-13-17-9-4-5-10-18(17)25-19/h1-5,7-10,13,20,25,31H,6,11-12,14-15H2,(H,24,29)(H,26,30)(H,27,28). The van der Waals surface area contributed by atoms with E-state index in [1.165, 1.54) is 11.8 Å². The molecule has 0 aliphatic rings. The monoisotopic (exact) mass is 454 g/mol. The predicted molar refractivity (Wildman–Crippen MR) is 124 cm³/mol. The number of thioether (sulfide) groups is 1. The molecule has 1 unspecified atom stereocenters. The van der Waals surface area contributed by atoms with Crippen LogP contribution in [0.2, 0.25) is 0 Å². The van der Waals surface area contributed by atoms with Crippen LogP contribution in [-0.4, -0.2) is 45.5 Å². The summed E-state index contributed by atoms with van der Waals surface area (Å²) >= 11 is 1.46. The molecule has 0 saturated carbocycles. The number of H-pyrrole nitrogens is 1. The molecule has 0 fully saturated rings. The Labute approximate surface area is 190 Å². The van der Waals surface area contributed by atoms with Crippen LogP contribution in [0, 0.1) is 0 Å². The van der Waals surface area contributed by atoms with Crippen molar-refractivity contribution in [3.05, 3.63) is 71.9 Å². The van der Waals surface area contributed by atoms with Gasteiger partial charge in [-0.1, -0.05) is 48.5 Å². The van der Waals surface area contributed by atoms with Gasteiger partial charge in [0.2, 0.25) is 11.8 Å². The first kappa shape index (κ1) is 23.4. The largest absolute Gasteiger partial charge is 0.351 e. The molecular formula is C23H26N4O4S. The zero-order valence-electron chi connectivity index (χ0n) is 17.5. The molecule has 1 atom stereocenters. The van der Waals surface area contributed by atoms with Crippen LogP contribution in [0.25, 0.3) is 10.9 Å². The van der Waals surface area contributed by atoms with E-state index in [0.29, 0.717) is 30.2 Å². The topological polar surface area (TPSA) is 123 Å². The molecule has 0 spiro atoms. The van der Waals surface area contributed by atoms with Crippen molar-refractivity contribution in [1.29, 1.82) is 0 Å². The van der Waals surface area contributed by atoms with Gasteiger partial charge in [0, 0.05) is 29.6 Å². The number of rotatable bonds is 11. The van der Waals surface area contributed by atoms with Crippen LogP contribution >= 0.6 is 11.8 Å². The summed E-state index contributed by atoms with van der Waals surface area (Å²) in [4.78, 5) is 39.8. The van der Waals surface area contributed by atoms with Gasteiger partial charge < -0.3 is 15.6 Å². The molecule has 3 amide bonds. The van der Waals surface area contributed by atoms with Crippen LogP contribution in [-0.2, 0) is 16.1 Å². The van der Waals surface area contributed by atoms with E-state index in [4.69, 9.17) is 5.21 Å². The van der Waals surface area contributed by atoms with Crippen molar-refractivity contribution in [3.8, 4) is 0 Å². The summed E-state index contributed by atoms with van der Waals surface area (Å²) in [7, 11) is 0. The van der Waals surface area contributed by atoms with Crippen LogP contribution in [0.5, 0.6) is 0 Å². The van der Waals surface area contributed by atoms with E-state index >= 15 is 0 Å². The molecule has 5 N–H and O–H groups in total. The number of aromatic amines is 1. The lowest BCUT2D eigenvalue weighted by molar-refractivity contribution is -0.129. The van der Waals surface area contributed by atoms with Crippen molar-refractivity contribution >= 4 is 40.4 Å². The minimum absolute atomic E-state index is 0.190. The van der Waals surface area contributed by atoms with Gasteiger partial charge in [0.25, 0.3) is 5.91 Å². The van der Waals surface area contributed by atoms with Crippen LogP contribution in [0.4, 0.5) is 0 Å². The molecule has 3 rings (SSSR count). The molecule has 0 aliphatic heterocycles. The van der Waals surface area contributed by atoms with Gasteiger partial charge in [-0.15, -0.1) is 0 Å². The average molecular weight is 455 g/mol. The SMILES string of the molecule is O=C(CCCSCC(NC(=O)c1cc2ccccc2[nH]1)C(=O)NCc1ccccc1)NO. The highest BCUT2D eigenvalue weighted by Gasteiger charge is 2.22. The summed E-state index contributed by atoms with van der Waals surface area (Å²) in [5, 5.41) is 15.2. The molecule has 0 aliphatic carbocycles. The summed E-state index contributed by atoms with van der Waals surface area (Å²) in [5.74, 6) is -0.124. The summed E-state index contributed by atoms with van der Waals surface area (Å²) in [6, 6.07) is 18.1. The zero-order valence-corrected chi connectivity index (χ0v) is 18.3. The fraction of sp³-hybridized carbons (Fsp3) is 0.261. The van der Waals surface area contributed by atoms with E-state index in [0.717, 1.165) is 16.5 Å². The predicted octanol–water partition coefficient (Wildman–Crippen LogP) is 2.60. The third-order valence-corrected chi connectivity index (χ3v) is 5.95. The van der Waals surface area contributed by atoms with Gasteiger partial charge >= 0.3 is 0 Å². The Kier molecular flexibility index (Phi) is 8.70. The Hall–Kier alpha value is -3.30. The number of fused-ring (bicyclic) bond motifs is 1. The van der Waals surface area contributed by atoms with Crippen molar-refractivity contribution in [3.63, 3.8) is 0 Å². The highest BCUT2D eigenvalue weighted by Crippen LogP contribution is 2.15. The number of carbonyl (C=O) groups is 3. The van der Waals surface area contributed by atoms with Crippen molar-refractivity contribution < 1.29 is 19.6 Å². The van der Waals surface area contributed by atoms with Gasteiger partial charge in [-0.25, -0.2) is 5.48 Å².